The monoisotopic (exact) mass is 374 g/mol. The molecule has 150 valence electrons. The maximum Gasteiger partial charge on any atom is 0.227 e. The molecule has 0 aliphatic heterocycles. The van der Waals surface area contributed by atoms with Gasteiger partial charge in [0.05, 0.1) is 19.0 Å². The third-order valence-corrected chi connectivity index (χ3v) is 5.58. The molecule has 0 radical (unpaired) electrons. The zero-order chi connectivity index (χ0) is 19.4. The highest BCUT2D eigenvalue weighted by Crippen LogP contribution is 2.27. The lowest BCUT2D eigenvalue weighted by Gasteiger charge is -2.23. The van der Waals surface area contributed by atoms with Crippen molar-refractivity contribution in [3.63, 3.8) is 0 Å². The van der Waals surface area contributed by atoms with E-state index in [1.807, 2.05) is 6.33 Å². The Morgan fingerprint density at radius 2 is 1.89 bits per heavy atom. The highest BCUT2D eigenvalue weighted by molar-refractivity contribution is 5.84. The molecule has 2 aromatic heterocycles. The minimum atomic E-state index is -0.0796. The number of aromatic nitrogens is 4. The Morgan fingerprint density at radius 1 is 1.15 bits per heavy atom. The summed E-state index contributed by atoms with van der Waals surface area (Å²) in [4.78, 5) is 14.0. The van der Waals surface area contributed by atoms with Gasteiger partial charge < -0.3 is 20.3 Å². The molecule has 0 saturated heterocycles. The molecule has 1 saturated carbocycles. The van der Waals surface area contributed by atoms with E-state index < -0.39 is 0 Å². The van der Waals surface area contributed by atoms with Gasteiger partial charge in [-0.3, -0.25) is 0 Å². The van der Waals surface area contributed by atoms with Gasteiger partial charge in [0.2, 0.25) is 5.95 Å². The largest absolute Gasteiger partial charge is 0.394 e. The lowest BCUT2D eigenvalue weighted by molar-refractivity contribution is 0.248. The Hall–Kier alpha value is -1.89. The molecule has 0 amide bonds. The Morgan fingerprint density at radius 3 is 2.52 bits per heavy atom. The molecule has 7 nitrogen and oxygen atoms in total. The van der Waals surface area contributed by atoms with Crippen LogP contribution in [-0.2, 0) is 0 Å². The third kappa shape index (κ3) is 4.69. The van der Waals surface area contributed by atoms with Crippen molar-refractivity contribution < 1.29 is 5.11 Å². The summed E-state index contributed by atoms with van der Waals surface area (Å²) < 4.78 is 2.07. The summed E-state index contributed by atoms with van der Waals surface area (Å²) >= 11 is 0. The first-order valence-electron chi connectivity index (χ1n) is 10.4. The molecule has 1 fully saturated rings. The van der Waals surface area contributed by atoms with E-state index >= 15 is 0 Å². The fourth-order valence-electron chi connectivity index (χ4n) is 3.70. The van der Waals surface area contributed by atoms with Crippen molar-refractivity contribution in [1.29, 1.82) is 0 Å². The molecule has 0 spiro atoms. The Bertz CT molecular complexity index is 735. The van der Waals surface area contributed by atoms with Crippen LogP contribution in [0.3, 0.4) is 0 Å². The van der Waals surface area contributed by atoms with Gasteiger partial charge in [-0.05, 0) is 38.5 Å². The molecule has 3 N–H and O–H groups in total. The molecule has 2 heterocycles. The average molecular weight is 375 g/mol. The van der Waals surface area contributed by atoms with Crippen LogP contribution in [0, 0.1) is 11.8 Å². The Labute approximate surface area is 162 Å². The first-order valence-corrected chi connectivity index (χ1v) is 10.4. The molecule has 1 aliphatic carbocycles. The Kier molecular flexibility index (Phi) is 6.52. The molecular formula is C20H34N6O. The van der Waals surface area contributed by atoms with E-state index in [9.17, 15) is 5.11 Å². The standard InChI is InChI=1S/C20H34N6O/c1-13(2)16(11-27)23-20-24-18(21-10-15-8-6-5-7-9-15)17-19(25-20)26(12-22-17)14(3)4/h12-16,27H,5-11H2,1-4H3,(H2,21,23,24,25). The summed E-state index contributed by atoms with van der Waals surface area (Å²) in [5.74, 6) is 2.31. The smallest absolute Gasteiger partial charge is 0.227 e. The number of hydrogen-bond acceptors (Lipinski definition) is 6. The van der Waals surface area contributed by atoms with Gasteiger partial charge in [0.15, 0.2) is 17.0 Å². The summed E-state index contributed by atoms with van der Waals surface area (Å²) in [6, 6.07) is 0.187. The summed E-state index contributed by atoms with van der Waals surface area (Å²) in [6.45, 7) is 9.37. The van der Waals surface area contributed by atoms with Crippen LogP contribution in [0.25, 0.3) is 11.2 Å². The second-order valence-electron chi connectivity index (χ2n) is 8.38. The molecule has 27 heavy (non-hydrogen) atoms. The van der Waals surface area contributed by atoms with Crippen LogP contribution in [0.4, 0.5) is 11.8 Å². The van der Waals surface area contributed by atoms with E-state index in [0.29, 0.717) is 11.9 Å². The maximum atomic E-state index is 9.67. The zero-order valence-corrected chi connectivity index (χ0v) is 17.1. The van der Waals surface area contributed by atoms with Gasteiger partial charge in [0.1, 0.15) is 0 Å². The third-order valence-electron chi connectivity index (χ3n) is 5.58. The van der Waals surface area contributed by atoms with Gasteiger partial charge in [-0.25, -0.2) is 4.98 Å². The summed E-state index contributed by atoms with van der Waals surface area (Å²) in [5, 5.41) is 16.5. The summed E-state index contributed by atoms with van der Waals surface area (Å²) in [6.07, 6.45) is 8.42. The van der Waals surface area contributed by atoms with E-state index in [-0.39, 0.29) is 24.6 Å². The number of anilines is 2. The van der Waals surface area contributed by atoms with Crippen molar-refractivity contribution >= 4 is 22.9 Å². The van der Waals surface area contributed by atoms with Crippen molar-refractivity contribution in [2.75, 3.05) is 23.8 Å². The molecule has 0 bridgehead atoms. The number of aliphatic hydroxyl groups excluding tert-OH is 1. The van der Waals surface area contributed by atoms with Crippen LogP contribution < -0.4 is 10.6 Å². The molecule has 7 heteroatoms. The molecule has 3 rings (SSSR count). The summed E-state index contributed by atoms with van der Waals surface area (Å²) in [7, 11) is 0. The Balaban J connectivity index is 1.89. The quantitative estimate of drug-likeness (QED) is 0.651. The second-order valence-corrected chi connectivity index (χ2v) is 8.38. The predicted octanol–water partition coefficient (Wildman–Crippen LogP) is 3.83. The first-order chi connectivity index (χ1) is 13.0. The van der Waals surface area contributed by atoms with Crippen LogP contribution in [0.15, 0.2) is 6.33 Å². The van der Waals surface area contributed by atoms with Crippen LogP contribution in [0.2, 0.25) is 0 Å². The highest BCUT2D eigenvalue weighted by Gasteiger charge is 2.19. The van der Waals surface area contributed by atoms with Crippen LogP contribution in [-0.4, -0.2) is 43.8 Å². The molecule has 1 unspecified atom stereocenters. The highest BCUT2D eigenvalue weighted by atomic mass is 16.3. The van der Waals surface area contributed by atoms with Crippen molar-refractivity contribution in [2.24, 2.45) is 11.8 Å². The van der Waals surface area contributed by atoms with Gasteiger partial charge in [0, 0.05) is 12.6 Å². The van der Waals surface area contributed by atoms with E-state index in [2.05, 4.69) is 47.9 Å². The number of imidazole rings is 1. The fraction of sp³-hybridized carbons (Fsp3) is 0.750. The number of fused-ring (bicyclic) bond motifs is 1. The maximum absolute atomic E-state index is 9.67. The minimum absolute atomic E-state index is 0.0490. The lowest BCUT2D eigenvalue weighted by Crippen LogP contribution is -2.30. The van der Waals surface area contributed by atoms with Crippen LogP contribution >= 0.6 is 0 Å². The average Bonchev–Trinajstić information content (AvgIpc) is 3.09. The SMILES string of the molecule is CC(C)C(CO)Nc1nc(NCC2CCCCC2)c2ncn(C(C)C)c2n1. The van der Waals surface area contributed by atoms with Gasteiger partial charge >= 0.3 is 0 Å². The van der Waals surface area contributed by atoms with Crippen LogP contribution in [0.5, 0.6) is 0 Å². The van der Waals surface area contributed by atoms with Crippen molar-refractivity contribution in [2.45, 2.75) is 71.9 Å². The lowest BCUT2D eigenvalue weighted by atomic mass is 9.89. The second kappa shape index (κ2) is 8.87. The van der Waals surface area contributed by atoms with E-state index in [1.54, 1.807) is 0 Å². The van der Waals surface area contributed by atoms with Crippen LogP contribution in [0.1, 0.15) is 65.8 Å². The topological polar surface area (TPSA) is 87.9 Å². The van der Waals surface area contributed by atoms with Gasteiger partial charge in [-0.1, -0.05) is 33.1 Å². The predicted molar refractivity (Wildman–Crippen MR) is 110 cm³/mol. The normalized spacial score (nSPS) is 17.0. The van der Waals surface area contributed by atoms with E-state index in [1.165, 1.54) is 32.1 Å². The van der Waals surface area contributed by atoms with E-state index in [4.69, 9.17) is 9.97 Å². The molecular weight excluding hydrogens is 340 g/mol. The first kappa shape index (κ1) is 19.9. The fourth-order valence-corrected chi connectivity index (χ4v) is 3.70. The number of rotatable bonds is 8. The molecule has 1 atom stereocenters. The number of nitrogens with zero attached hydrogens (tertiary/aromatic N) is 4. The van der Waals surface area contributed by atoms with E-state index in [0.717, 1.165) is 23.5 Å². The number of nitrogens with one attached hydrogen (secondary N) is 2. The van der Waals surface area contributed by atoms with Crippen molar-refractivity contribution in [3.05, 3.63) is 6.33 Å². The molecule has 0 aromatic carbocycles. The van der Waals surface area contributed by atoms with Crippen molar-refractivity contribution in [1.82, 2.24) is 19.5 Å². The zero-order valence-electron chi connectivity index (χ0n) is 17.1. The van der Waals surface area contributed by atoms with Gasteiger partial charge in [0.25, 0.3) is 0 Å². The number of hydrogen-bond donors (Lipinski definition) is 3. The molecule has 2 aromatic rings. The minimum Gasteiger partial charge on any atom is -0.394 e. The number of aliphatic hydroxyl groups is 1. The van der Waals surface area contributed by atoms with Gasteiger partial charge in [-0.15, -0.1) is 0 Å². The molecule has 1 aliphatic rings. The van der Waals surface area contributed by atoms with Gasteiger partial charge in [-0.2, -0.15) is 9.97 Å². The summed E-state index contributed by atoms with van der Waals surface area (Å²) in [5.41, 5.74) is 1.64. The van der Waals surface area contributed by atoms with Crippen molar-refractivity contribution in [3.8, 4) is 0 Å².